The second-order valence-corrected chi connectivity index (χ2v) is 6.30. The Hall–Kier alpha value is -3.09. The molecule has 0 radical (unpaired) electrons. The van der Waals surface area contributed by atoms with E-state index in [1.807, 2.05) is 32.9 Å². The summed E-state index contributed by atoms with van der Waals surface area (Å²) in [4.78, 5) is 24.8. The van der Waals surface area contributed by atoms with E-state index in [-0.39, 0.29) is 11.1 Å². The molecule has 3 rings (SSSR count). The zero-order chi connectivity index (χ0) is 18.0. The summed E-state index contributed by atoms with van der Waals surface area (Å²) in [6.45, 7) is 6.44. The number of aromatic amines is 1. The largest absolute Gasteiger partial charge is 0.460 e. The van der Waals surface area contributed by atoms with Crippen LogP contribution in [0.15, 0.2) is 45.7 Å². The van der Waals surface area contributed by atoms with Gasteiger partial charge in [-0.25, -0.2) is 0 Å². The Morgan fingerprint density at radius 2 is 2.16 bits per heavy atom. The monoisotopic (exact) mass is 340 g/mol. The summed E-state index contributed by atoms with van der Waals surface area (Å²) in [5.74, 6) is 1.56. The number of furan rings is 1. The molecule has 0 bridgehead atoms. The van der Waals surface area contributed by atoms with Crippen LogP contribution in [0.25, 0.3) is 11.5 Å². The fraction of sp³-hybridized carbons (Fsp3) is 0.278. The highest BCUT2D eigenvalue weighted by Gasteiger charge is 2.15. The zero-order valence-corrected chi connectivity index (χ0v) is 14.4. The van der Waals surface area contributed by atoms with Crippen LogP contribution in [-0.4, -0.2) is 20.7 Å². The molecule has 7 heteroatoms. The molecule has 0 saturated carbocycles. The maximum atomic E-state index is 12.4. The summed E-state index contributed by atoms with van der Waals surface area (Å²) >= 11 is 0. The average molecular weight is 340 g/mol. The van der Waals surface area contributed by atoms with Crippen molar-refractivity contribution in [2.24, 2.45) is 5.92 Å². The fourth-order valence-electron chi connectivity index (χ4n) is 2.52. The standard InChI is InChI=1S/C18H20N4O3/c1-11(2)10-22-8-4-5-13(18(22)24)17(23)19-16-9-14(20-21-16)15-7-6-12(3)25-15/h4-9,11H,10H2,1-3H3,(H2,19,20,21,23). The van der Waals surface area contributed by atoms with Crippen LogP contribution in [0, 0.1) is 12.8 Å². The van der Waals surface area contributed by atoms with Gasteiger partial charge in [0.2, 0.25) is 0 Å². The molecule has 0 spiro atoms. The second-order valence-electron chi connectivity index (χ2n) is 6.30. The number of H-pyrrole nitrogens is 1. The lowest BCUT2D eigenvalue weighted by Crippen LogP contribution is -2.29. The lowest BCUT2D eigenvalue weighted by molar-refractivity contribution is 0.102. The molecule has 25 heavy (non-hydrogen) atoms. The van der Waals surface area contributed by atoms with Crippen LogP contribution >= 0.6 is 0 Å². The van der Waals surface area contributed by atoms with Crippen molar-refractivity contribution in [1.82, 2.24) is 14.8 Å². The Kier molecular flexibility index (Phi) is 4.56. The van der Waals surface area contributed by atoms with Crippen molar-refractivity contribution >= 4 is 11.7 Å². The number of amides is 1. The number of pyridine rings is 1. The van der Waals surface area contributed by atoms with Crippen LogP contribution in [0.1, 0.15) is 30.0 Å². The Morgan fingerprint density at radius 3 is 2.84 bits per heavy atom. The smallest absolute Gasteiger partial charge is 0.263 e. The predicted octanol–water partition coefficient (Wildman–Crippen LogP) is 3.05. The van der Waals surface area contributed by atoms with E-state index >= 15 is 0 Å². The van der Waals surface area contributed by atoms with E-state index in [1.54, 1.807) is 22.9 Å². The minimum Gasteiger partial charge on any atom is -0.460 e. The number of carbonyl (C=O) groups is 1. The number of aromatic nitrogens is 3. The van der Waals surface area contributed by atoms with Crippen molar-refractivity contribution in [3.05, 3.63) is 58.2 Å². The van der Waals surface area contributed by atoms with Gasteiger partial charge in [0.05, 0.1) is 0 Å². The van der Waals surface area contributed by atoms with Crippen LogP contribution in [-0.2, 0) is 6.54 Å². The van der Waals surface area contributed by atoms with E-state index in [1.165, 1.54) is 6.07 Å². The maximum Gasteiger partial charge on any atom is 0.263 e. The lowest BCUT2D eigenvalue weighted by Gasteiger charge is -2.09. The molecule has 3 aromatic rings. The molecule has 3 heterocycles. The molecule has 2 N–H and O–H groups in total. The van der Waals surface area contributed by atoms with Crippen molar-refractivity contribution in [3.8, 4) is 11.5 Å². The maximum absolute atomic E-state index is 12.4. The van der Waals surface area contributed by atoms with E-state index in [9.17, 15) is 9.59 Å². The van der Waals surface area contributed by atoms with Crippen LogP contribution in [0.5, 0.6) is 0 Å². The Morgan fingerprint density at radius 1 is 1.36 bits per heavy atom. The number of nitrogens with zero attached hydrogens (tertiary/aromatic N) is 2. The van der Waals surface area contributed by atoms with Crippen molar-refractivity contribution in [1.29, 1.82) is 0 Å². The van der Waals surface area contributed by atoms with E-state index in [4.69, 9.17) is 4.42 Å². The Bertz CT molecular complexity index is 949. The van der Waals surface area contributed by atoms with Crippen molar-refractivity contribution < 1.29 is 9.21 Å². The third-order valence-electron chi connectivity index (χ3n) is 3.65. The molecule has 130 valence electrons. The van der Waals surface area contributed by atoms with Crippen molar-refractivity contribution in [2.75, 3.05) is 5.32 Å². The summed E-state index contributed by atoms with van der Waals surface area (Å²) in [5.41, 5.74) is 0.418. The molecule has 7 nitrogen and oxygen atoms in total. The van der Waals surface area contributed by atoms with Gasteiger partial charge in [-0.3, -0.25) is 14.7 Å². The first-order chi connectivity index (χ1) is 11.9. The van der Waals surface area contributed by atoms with Gasteiger partial charge < -0.3 is 14.3 Å². The Labute approximate surface area is 144 Å². The van der Waals surface area contributed by atoms with Crippen molar-refractivity contribution in [2.45, 2.75) is 27.3 Å². The third-order valence-corrected chi connectivity index (χ3v) is 3.65. The minimum atomic E-state index is -0.489. The van der Waals surface area contributed by atoms with Crippen LogP contribution < -0.4 is 10.9 Å². The van der Waals surface area contributed by atoms with Gasteiger partial charge in [0.25, 0.3) is 11.5 Å². The first-order valence-electron chi connectivity index (χ1n) is 8.07. The molecule has 1 amide bonds. The van der Waals surface area contributed by atoms with Crippen LogP contribution in [0.4, 0.5) is 5.82 Å². The van der Waals surface area contributed by atoms with E-state index < -0.39 is 5.91 Å². The summed E-state index contributed by atoms with van der Waals surface area (Å²) in [7, 11) is 0. The molecule has 0 aliphatic rings. The normalized spacial score (nSPS) is 11.0. The van der Waals surface area contributed by atoms with Gasteiger partial charge in [0.15, 0.2) is 11.6 Å². The highest BCUT2D eigenvalue weighted by molar-refractivity contribution is 6.03. The zero-order valence-electron chi connectivity index (χ0n) is 14.4. The SMILES string of the molecule is Cc1ccc(-c2cc(NC(=O)c3cccn(CC(C)C)c3=O)n[nH]2)o1. The molecule has 0 aliphatic heterocycles. The number of rotatable bonds is 5. The van der Waals surface area contributed by atoms with Gasteiger partial charge in [0.1, 0.15) is 17.0 Å². The number of hydrogen-bond donors (Lipinski definition) is 2. The highest BCUT2D eigenvalue weighted by Crippen LogP contribution is 2.22. The second kappa shape index (κ2) is 6.80. The van der Waals surface area contributed by atoms with E-state index in [2.05, 4.69) is 15.5 Å². The molecule has 0 saturated heterocycles. The average Bonchev–Trinajstić information content (AvgIpc) is 3.17. The molecular formula is C18H20N4O3. The van der Waals surface area contributed by atoms with Crippen molar-refractivity contribution in [3.63, 3.8) is 0 Å². The van der Waals surface area contributed by atoms with Crippen LogP contribution in [0.3, 0.4) is 0 Å². The molecule has 0 atom stereocenters. The topological polar surface area (TPSA) is 92.9 Å². The van der Waals surface area contributed by atoms with Gasteiger partial charge in [-0.05, 0) is 37.1 Å². The summed E-state index contributed by atoms with van der Waals surface area (Å²) < 4.78 is 7.05. The van der Waals surface area contributed by atoms with Gasteiger partial charge in [-0.1, -0.05) is 13.8 Å². The number of carbonyl (C=O) groups excluding carboxylic acids is 1. The number of aryl methyl sites for hydroxylation is 1. The molecule has 0 fully saturated rings. The van der Waals surface area contributed by atoms with Gasteiger partial charge in [-0.15, -0.1) is 0 Å². The van der Waals surface area contributed by atoms with Gasteiger partial charge in [-0.2, -0.15) is 5.10 Å². The molecule has 0 aliphatic carbocycles. The van der Waals surface area contributed by atoms with Crippen LogP contribution in [0.2, 0.25) is 0 Å². The number of nitrogens with one attached hydrogen (secondary N) is 2. The molecular weight excluding hydrogens is 320 g/mol. The summed E-state index contributed by atoms with van der Waals surface area (Å²) in [6, 6.07) is 8.52. The Balaban J connectivity index is 1.79. The quantitative estimate of drug-likeness (QED) is 0.746. The fourth-order valence-corrected chi connectivity index (χ4v) is 2.52. The number of hydrogen-bond acceptors (Lipinski definition) is 4. The number of anilines is 1. The summed E-state index contributed by atoms with van der Waals surface area (Å²) in [5, 5.41) is 9.48. The lowest BCUT2D eigenvalue weighted by atomic mass is 10.2. The summed E-state index contributed by atoms with van der Waals surface area (Å²) in [6.07, 6.45) is 1.69. The molecule has 3 aromatic heterocycles. The van der Waals surface area contributed by atoms with Gasteiger partial charge in [0, 0.05) is 18.8 Å². The van der Waals surface area contributed by atoms with E-state index in [0.717, 1.165) is 5.76 Å². The molecule has 0 unspecified atom stereocenters. The highest BCUT2D eigenvalue weighted by atomic mass is 16.3. The first-order valence-corrected chi connectivity index (χ1v) is 8.07. The van der Waals surface area contributed by atoms with Gasteiger partial charge >= 0.3 is 0 Å². The third kappa shape index (κ3) is 3.71. The van der Waals surface area contributed by atoms with E-state index in [0.29, 0.717) is 29.7 Å². The molecule has 0 aromatic carbocycles. The minimum absolute atomic E-state index is 0.0848. The predicted molar refractivity (Wildman–Crippen MR) is 94.5 cm³/mol. The first kappa shape index (κ1) is 16.8.